The number of nitrogens with zero attached hydrogens (tertiary/aromatic N) is 2. The van der Waals surface area contributed by atoms with Crippen molar-refractivity contribution in [2.75, 3.05) is 6.61 Å². The van der Waals surface area contributed by atoms with E-state index in [1.807, 2.05) is 26.0 Å². The summed E-state index contributed by atoms with van der Waals surface area (Å²) in [4.78, 5) is 16.6. The number of ether oxygens (including phenoxy) is 1. The molecule has 0 aliphatic rings. The average Bonchev–Trinajstić information content (AvgIpc) is 3.39. The van der Waals surface area contributed by atoms with Crippen LogP contribution in [0.25, 0.3) is 22.2 Å². The summed E-state index contributed by atoms with van der Waals surface area (Å²) in [5.41, 5.74) is 10.1. The van der Waals surface area contributed by atoms with Gasteiger partial charge in [0.15, 0.2) is 0 Å². The lowest BCUT2D eigenvalue weighted by atomic mass is 10.0. The maximum atomic E-state index is 11.0. The molecule has 2 heterocycles. The standard InChI is InChI=1S/C25H33N3O5S/c1-6-16-9-17(8-14(4)21(16)32-11-19(29)10-20(30)23(26)31)24-27-25(33-28-24)22-15(5)18(12-34-22)7-13(2)3/h8-9,12-13,19-20,29-30H,6-7,10-11H2,1-5H3,(H2,26,31)/t19-,20?/m0/s1. The van der Waals surface area contributed by atoms with Crippen LogP contribution in [0.1, 0.15) is 49.4 Å². The Hall–Kier alpha value is -2.75. The molecule has 3 rings (SSSR count). The first-order valence-corrected chi connectivity index (χ1v) is 12.3. The van der Waals surface area contributed by atoms with Crippen molar-refractivity contribution in [2.24, 2.45) is 11.7 Å². The summed E-state index contributed by atoms with van der Waals surface area (Å²) in [5.74, 6) is 1.36. The van der Waals surface area contributed by atoms with Gasteiger partial charge in [0.05, 0.1) is 11.0 Å². The van der Waals surface area contributed by atoms with E-state index >= 15 is 0 Å². The van der Waals surface area contributed by atoms with Gasteiger partial charge in [0, 0.05) is 12.0 Å². The molecule has 0 fully saturated rings. The van der Waals surface area contributed by atoms with Crippen LogP contribution in [0.15, 0.2) is 22.0 Å². The zero-order valence-corrected chi connectivity index (χ0v) is 21.1. The van der Waals surface area contributed by atoms with Crippen LogP contribution >= 0.6 is 11.3 Å². The Morgan fingerprint density at radius 3 is 2.62 bits per heavy atom. The van der Waals surface area contributed by atoms with Gasteiger partial charge >= 0.3 is 0 Å². The zero-order chi connectivity index (χ0) is 25.0. The SMILES string of the molecule is CCc1cc(-c2noc(-c3scc(CC(C)C)c3C)n2)cc(C)c1OC[C@@H](O)CC(O)C(N)=O. The molecule has 2 atom stereocenters. The van der Waals surface area contributed by atoms with Gasteiger partial charge in [0.2, 0.25) is 11.7 Å². The Morgan fingerprint density at radius 2 is 1.97 bits per heavy atom. The van der Waals surface area contributed by atoms with E-state index in [-0.39, 0.29) is 13.0 Å². The predicted octanol–water partition coefficient (Wildman–Crippen LogP) is 3.82. The van der Waals surface area contributed by atoms with Gasteiger partial charge in [-0.2, -0.15) is 4.98 Å². The second-order valence-electron chi connectivity index (χ2n) is 8.99. The molecule has 0 spiro atoms. The number of carbonyl (C=O) groups excluding carboxylic acids is 1. The van der Waals surface area contributed by atoms with E-state index in [0.717, 1.165) is 28.0 Å². The lowest BCUT2D eigenvalue weighted by molar-refractivity contribution is -0.127. The van der Waals surface area contributed by atoms with Gasteiger partial charge in [-0.05, 0) is 72.4 Å². The molecule has 2 aromatic heterocycles. The number of aryl methyl sites for hydroxylation is 2. The minimum absolute atomic E-state index is 0.0692. The van der Waals surface area contributed by atoms with E-state index in [0.29, 0.717) is 29.8 Å². The van der Waals surface area contributed by atoms with E-state index in [1.54, 1.807) is 11.3 Å². The Bertz CT molecular complexity index is 1140. The summed E-state index contributed by atoms with van der Waals surface area (Å²) in [7, 11) is 0. The van der Waals surface area contributed by atoms with Gasteiger partial charge < -0.3 is 25.2 Å². The molecule has 9 heteroatoms. The Morgan fingerprint density at radius 1 is 1.24 bits per heavy atom. The number of benzene rings is 1. The third-order valence-corrected chi connectivity index (χ3v) is 6.74. The van der Waals surface area contributed by atoms with Crippen LogP contribution in [0.5, 0.6) is 5.75 Å². The molecule has 3 aromatic rings. The predicted molar refractivity (Wildman–Crippen MR) is 132 cm³/mol. The number of hydrogen-bond acceptors (Lipinski definition) is 8. The topological polar surface area (TPSA) is 132 Å². The van der Waals surface area contributed by atoms with Gasteiger partial charge in [-0.15, -0.1) is 11.3 Å². The fourth-order valence-corrected chi connectivity index (χ4v) is 4.83. The number of primary amides is 1. The van der Waals surface area contributed by atoms with Crippen molar-refractivity contribution in [3.63, 3.8) is 0 Å². The largest absolute Gasteiger partial charge is 0.490 e. The number of hydrogen-bond donors (Lipinski definition) is 3. The van der Waals surface area contributed by atoms with Crippen molar-refractivity contribution in [3.05, 3.63) is 39.8 Å². The van der Waals surface area contributed by atoms with Gasteiger partial charge in [-0.3, -0.25) is 4.79 Å². The molecule has 4 N–H and O–H groups in total. The second kappa shape index (κ2) is 11.1. The number of thiophene rings is 1. The van der Waals surface area contributed by atoms with Crippen molar-refractivity contribution >= 4 is 17.2 Å². The van der Waals surface area contributed by atoms with Gasteiger partial charge in [-0.1, -0.05) is 25.9 Å². The van der Waals surface area contributed by atoms with Crippen LogP contribution in [0, 0.1) is 19.8 Å². The summed E-state index contributed by atoms with van der Waals surface area (Å²) in [6.45, 7) is 10.3. The van der Waals surface area contributed by atoms with Crippen LogP contribution in [0.3, 0.4) is 0 Å². The Balaban J connectivity index is 1.79. The quantitative estimate of drug-likeness (QED) is 0.375. The molecular formula is C25H33N3O5S. The van der Waals surface area contributed by atoms with Crippen molar-refractivity contribution < 1.29 is 24.3 Å². The van der Waals surface area contributed by atoms with Crippen LogP contribution < -0.4 is 10.5 Å². The number of aromatic nitrogens is 2. The van der Waals surface area contributed by atoms with Crippen molar-refractivity contribution in [1.82, 2.24) is 10.1 Å². The molecule has 0 bridgehead atoms. The summed E-state index contributed by atoms with van der Waals surface area (Å²) in [6.07, 6.45) is -0.910. The van der Waals surface area contributed by atoms with Crippen LogP contribution in [0.4, 0.5) is 0 Å². The summed E-state index contributed by atoms with van der Waals surface area (Å²) in [6, 6.07) is 3.87. The lowest BCUT2D eigenvalue weighted by Crippen LogP contribution is -2.33. The number of carbonyl (C=O) groups is 1. The summed E-state index contributed by atoms with van der Waals surface area (Å²) in [5, 5.41) is 26.0. The first kappa shape index (κ1) is 25.9. The number of aliphatic hydroxyl groups is 2. The Kier molecular flexibility index (Phi) is 8.46. The fourth-order valence-electron chi connectivity index (χ4n) is 3.80. The minimum atomic E-state index is -1.41. The highest BCUT2D eigenvalue weighted by molar-refractivity contribution is 7.13. The molecular weight excluding hydrogens is 454 g/mol. The second-order valence-corrected chi connectivity index (χ2v) is 9.87. The highest BCUT2D eigenvalue weighted by atomic mass is 32.1. The highest BCUT2D eigenvalue weighted by Crippen LogP contribution is 2.35. The molecule has 184 valence electrons. The zero-order valence-electron chi connectivity index (χ0n) is 20.3. The minimum Gasteiger partial charge on any atom is -0.490 e. The van der Waals surface area contributed by atoms with Gasteiger partial charge in [0.25, 0.3) is 5.89 Å². The van der Waals surface area contributed by atoms with E-state index in [4.69, 9.17) is 15.0 Å². The van der Waals surface area contributed by atoms with E-state index in [2.05, 4.69) is 36.3 Å². The summed E-state index contributed by atoms with van der Waals surface area (Å²) < 4.78 is 11.4. The maximum absolute atomic E-state index is 11.0. The summed E-state index contributed by atoms with van der Waals surface area (Å²) >= 11 is 1.62. The molecule has 8 nitrogen and oxygen atoms in total. The molecule has 1 unspecified atom stereocenters. The van der Waals surface area contributed by atoms with Crippen LogP contribution in [0.2, 0.25) is 0 Å². The highest BCUT2D eigenvalue weighted by Gasteiger charge is 2.20. The molecule has 1 aromatic carbocycles. The third-order valence-electron chi connectivity index (χ3n) is 5.62. The molecule has 0 saturated carbocycles. The van der Waals surface area contributed by atoms with E-state index in [1.165, 1.54) is 11.1 Å². The molecule has 0 aliphatic carbocycles. The molecule has 0 aliphatic heterocycles. The molecule has 0 radical (unpaired) electrons. The van der Waals surface area contributed by atoms with E-state index in [9.17, 15) is 15.0 Å². The number of rotatable bonds is 11. The first-order chi connectivity index (χ1) is 16.1. The van der Waals surface area contributed by atoms with Crippen LogP contribution in [-0.2, 0) is 17.6 Å². The van der Waals surface area contributed by atoms with Crippen molar-refractivity contribution in [3.8, 4) is 27.9 Å². The number of nitrogens with two attached hydrogens (primary N) is 1. The first-order valence-electron chi connectivity index (χ1n) is 11.4. The molecule has 0 saturated heterocycles. The van der Waals surface area contributed by atoms with Crippen LogP contribution in [-0.4, -0.2) is 45.1 Å². The third kappa shape index (κ3) is 6.02. The fraction of sp³-hybridized carbons (Fsp3) is 0.480. The Labute approximate surface area is 203 Å². The average molecular weight is 488 g/mol. The van der Waals surface area contributed by atoms with Crippen molar-refractivity contribution in [1.29, 1.82) is 0 Å². The van der Waals surface area contributed by atoms with Crippen molar-refractivity contribution in [2.45, 2.75) is 66.1 Å². The monoisotopic (exact) mass is 487 g/mol. The smallest absolute Gasteiger partial charge is 0.268 e. The molecule has 1 amide bonds. The molecule has 34 heavy (non-hydrogen) atoms. The van der Waals surface area contributed by atoms with Gasteiger partial charge in [-0.25, -0.2) is 0 Å². The maximum Gasteiger partial charge on any atom is 0.268 e. The number of aliphatic hydroxyl groups excluding tert-OH is 2. The normalized spacial score (nSPS) is 13.3. The number of amides is 1. The van der Waals surface area contributed by atoms with Gasteiger partial charge in [0.1, 0.15) is 18.5 Å². The van der Waals surface area contributed by atoms with E-state index < -0.39 is 18.1 Å². The lowest BCUT2D eigenvalue weighted by Gasteiger charge is -2.18.